The molecule has 104 valence electrons. The standard InChI is InChI=1S/C15H19BrClNO/c1-2-10-5-3-4-6-14(10)18-15(19)12-8-7-11(16)9-13(12)17/h7-10,14H,2-6H2,1H3,(H,18,19). The first kappa shape index (κ1) is 14.9. The maximum Gasteiger partial charge on any atom is 0.253 e. The van der Waals surface area contributed by atoms with Crippen LogP contribution >= 0.6 is 27.5 Å². The van der Waals surface area contributed by atoms with Gasteiger partial charge in [-0.1, -0.05) is 53.7 Å². The van der Waals surface area contributed by atoms with E-state index in [0.717, 1.165) is 17.3 Å². The van der Waals surface area contributed by atoms with E-state index < -0.39 is 0 Å². The van der Waals surface area contributed by atoms with Gasteiger partial charge < -0.3 is 5.32 Å². The Morgan fingerprint density at radius 3 is 2.84 bits per heavy atom. The van der Waals surface area contributed by atoms with E-state index in [9.17, 15) is 4.79 Å². The summed E-state index contributed by atoms with van der Waals surface area (Å²) >= 11 is 9.47. The zero-order valence-electron chi connectivity index (χ0n) is 11.1. The molecule has 1 saturated carbocycles. The Morgan fingerprint density at radius 2 is 2.16 bits per heavy atom. The fourth-order valence-electron chi connectivity index (χ4n) is 2.81. The Morgan fingerprint density at radius 1 is 1.42 bits per heavy atom. The van der Waals surface area contributed by atoms with Gasteiger partial charge in [0.25, 0.3) is 5.91 Å². The summed E-state index contributed by atoms with van der Waals surface area (Å²) in [5.74, 6) is 0.551. The van der Waals surface area contributed by atoms with Gasteiger partial charge >= 0.3 is 0 Å². The van der Waals surface area contributed by atoms with Crippen LogP contribution in [0.4, 0.5) is 0 Å². The van der Waals surface area contributed by atoms with Crippen molar-refractivity contribution in [2.24, 2.45) is 5.92 Å². The highest BCUT2D eigenvalue weighted by Gasteiger charge is 2.25. The predicted octanol–water partition coefficient (Wildman–Crippen LogP) is 4.80. The van der Waals surface area contributed by atoms with Crippen molar-refractivity contribution in [1.82, 2.24) is 5.32 Å². The Bertz CT molecular complexity index is 463. The largest absolute Gasteiger partial charge is 0.349 e. The lowest BCUT2D eigenvalue weighted by molar-refractivity contribution is 0.0905. The third-order valence-corrected chi connectivity index (χ3v) is 4.73. The van der Waals surface area contributed by atoms with E-state index >= 15 is 0 Å². The predicted molar refractivity (Wildman–Crippen MR) is 82.7 cm³/mol. The second-order valence-corrected chi connectivity index (χ2v) is 6.48. The van der Waals surface area contributed by atoms with Crippen LogP contribution in [0.5, 0.6) is 0 Å². The number of halogens is 2. The zero-order valence-corrected chi connectivity index (χ0v) is 13.4. The molecule has 1 aliphatic carbocycles. The summed E-state index contributed by atoms with van der Waals surface area (Å²) in [6, 6.07) is 5.67. The number of nitrogens with one attached hydrogen (secondary N) is 1. The molecule has 2 rings (SSSR count). The highest BCUT2D eigenvalue weighted by atomic mass is 79.9. The van der Waals surface area contributed by atoms with Gasteiger partial charge in [-0.2, -0.15) is 0 Å². The molecule has 1 aromatic rings. The van der Waals surface area contributed by atoms with Crippen molar-refractivity contribution in [3.8, 4) is 0 Å². The van der Waals surface area contributed by atoms with Crippen LogP contribution in [0.25, 0.3) is 0 Å². The number of carbonyl (C=O) groups is 1. The normalized spacial score (nSPS) is 23.1. The van der Waals surface area contributed by atoms with Gasteiger partial charge in [0.05, 0.1) is 10.6 Å². The molecule has 1 N–H and O–H groups in total. The minimum atomic E-state index is -0.0529. The summed E-state index contributed by atoms with van der Waals surface area (Å²) < 4.78 is 0.887. The number of hydrogen-bond donors (Lipinski definition) is 1. The molecule has 2 unspecified atom stereocenters. The lowest BCUT2D eigenvalue weighted by atomic mass is 9.83. The van der Waals surface area contributed by atoms with E-state index in [4.69, 9.17) is 11.6 Å². The van der Waals surface area contributed by atoms with E-state index in [2.05, 4.69) is 28.2 Å². The average molecular weight is 345 g/mol. The molecule has 1 aliphatic rings. The van der Waals surface area contributed by atoms with Gasteiger partial charge in [0.15, 0.2) is 0 Å². The Kier molecular flexibility index (Phi) is 5.28. The Labute approximate surface area is 128 Å². The van der Waals surface area contributed by atoms with E-state index in [1.54, 1.807) is 12.1 Å². The fraction of sp³-hybridized carbons (Fsp3) is 0.533. The molecule has 0 heterocycles. The molecule has 19 heavy (non-hydrogen) atoms. The summed E-state index contributed by atoms with van der Waals surface area (Å²) in [5, 5.41) is 3.65. The fourth-order valence-corrected chi connectivity index (χ4v) is 3.57. The first-order chi connectivity index (χ1) is 9.11. The van der Waals surface area contributed by atoms with Crippen LogP contribution in [-0.4, -0.2) is 11.9 Å². The SMILES string of the molecule is CCC1CCCCC1NC(=O)c1ccc(Br)cc1Cl. The molecule has 1 fully saturated rings. The molecule has 0 aliphatic heterocycles. The Hall–Kier alpha value is -0.540. The van der Waals surface area contributed by atoms with Crippen LogP contribution in [0.2, 0.25) is 5.02 Å². The molecular weight excluding hydrogens is 326 g/mol. The van der Waals surface area contributed by atoms with Gasteiger partial charge in [0.2, 0.25) is 0 Å². The third-order valence-electron chi connectivity index (χ3n) is 3.93. The first-order valence-corrected chi connectivity index (χ1v) is 8.04. The molecule has 2 atom stereocenters. The van der Waals surface area contributed by atoms with Crippen LogP contribution in [0, 0.1) is 5.92 Å². The molecule has 1 amide bonds. The van der Waals surface area contributed by atoms with Gasteiger partial charge in [0, 0.05) is 10.5 Å². The minimum absolute atomic E-state index is 0.0529. The van der Waals surface area contributed by atoms with Crippen molar-refractivity contribution in [3.05, 3.63) is 33.3 Å². The summed E-state index contributed by atoms with van der Waals surface area (Å²) in [6.45, 7) is 2.20. The van der Waals surface area contributed by atoms with E-state index in [-0.39, 0.29) is 5.91 Å². The molecular formula is C15H19BrClNO. The molecule has 4 heteroatoms. The van der Waals surface area contributed by atoms with Gasteiger partial charge in [-0.05, 0) is 37.0 Å². The van der Waals surface area contributed by atoms with Crippen molar-refractivity contribution < 1.29 is 4.79 Å². The molecule has 1 aromatic carbocycles. The first-order valence-electron chi connectivity index (χ1n) is 6.87. The van der Waals surface area contributed by atoms with Crippen LogP contribution in [-0.2, 0) is 0 Å². The number of benzene rings is 1. The quantitative estimate of drug-likeness (QED) is 0.838. The van der Waals surface area contributed by atoms with E-state index in [1.165, 1.54) is 19.3 Å². The third kappa shape index (κ3) is 3.73. The summed E-state index contributed by atoms with van der Waals surface area (Å²) in [5.41, 5.74) is 0.560. The smallest absolute Gasteiger partial charge is 0.253 e. The Balaban J connectivity index is 2.07. The molecule has 0 aromatic heterocycles. The highest BCUT2D eigenvalue weighted by Crippen LogP contribution is 2.28. The lowest BCUT2D eigenvalue weighted by Crippen LogP contribution is -2.42. The topological polar surface area (TPSA) is 29.1 Å². The minimum Gasteiger partial charge on any atom is -0.349 e. The highest BCUT2D eigenvalue weighted by molar-refractivity contribution is 9.10. The molecule has 0 saturated heterocycles. The van der Waals surface area contributed by atoms with E-state index in [1.807, 2.05) is 6.07 Å². The summed E-state index contributed by atoms with van der Waals surface area (Å²) in [4.78, 5) is 12.3. The zero-order chi connectivity index (χ0) is 13.8. The van der Waals surface area contributed by atoms with Crippen molar-refractivity contribution in [3.63, 3.8) is 0 Å². The van der Waals surface area contributed by atoms with Crippen molar-refractivity contribution in [1.29, 1.82) is 0 Å². The number of hydrogen-bond acceptors (Lipinski definition) is 1. The lowest BCUT2D eigenvalue weighted by Gasteiger charge is -2.31. The molecule has 0 radical (unpaired) electrons. The van der Waals surface area contributed by atoms with Crippen LogP contribution < -0.4 is 5.32 Å². The van der Waals surface area contributed by atoms with Gasteiger partial charge in [-0.3, -0.25) is 4.79 Å². The van der Waals surface area contributed by atoms with Crippen molar-refractivity contribution in [2.75, 3.05) is 0 Å². The second-order valence-electron chi connectivity index (χ2n) is 5.16. The van der Waals surface area contributed by atoms with Crippen LogP contribution in [0.15, 0.2) is 22.7 Å². The summed E-state index contributed by atoms with van der Waals surface area (Å²) in [7, 11) is 0. The van der Waals surface area contributed by atoms with Gasteiger partial charge in [-0.25, -0.2) is 0 Å². The van der Waals surface area contributed by atoms with Gasteiger partial charge in [0.1, 0.15) is 0 Å². The van der Waals surface area contributed by atoms with Crippen LogP contribution in [0.3, 0.4) is 0 Å². The molecule has 0 bridgehead atoms. The second kappa shape index (κ2) is 6.76. The summed E-state index contributed by atoms with van der Waals surface area (Å²) in [6.07, 6.45) is 5.91. The number of carbonyl (C=O) groups excluding carboxylic acids is 1. The van der Waals surface area contributed by atoms with Crippen molar-refractivity contribution >= 4 is 33.4 Å². The average Bonchev–Trinajstić information content (AvgIpc) is 2.39. The van der Waals surface area contributed by atoms with Crippen LogP contribution in [0.1, 0.15) is 49.4 Å². The number of rotatable bonds is 3. The molecule has 2 nitrogen and oxygen atoms in total. The number of amides is 1. The maximum atomic E-state index is 12.3. The maximum absolute atomic E-state index is 12.3. The van der Waals surface area contributed by atoms with Crippen molar-refractivity contribution in [2.45, 2.75) is 45.1 Å². The molecule has 0 spiro atoms. The van der Waals surface area contributed by atoms with E-state index in [0.29, 0.717) is 22.5 Å². The monoisotopic (exact) mass is 343 g/mol. The van der Waals surface area contributed by atoms with Gasteiger partial charge in [-0.15, -0.1) is 0 Å².